The van der Waals surface area contributed by atoms with E-state index in [-0.39, 0.29) is 35.3 Å². The highest BCUT2D eigenvalue weighted by Gasteiger charge is 2.53. The zero-order chi connectivity index (χ0) is 22.3. The average Bonchev–Trinajstić information content (AvgIpc) is 2.84. The maximum absolute atomic E-state index is 13.1. The van der Waals surface area contributed by atoms with Crippen molar-refractivity contribution >= 4 is 11.8 Å². The molecule has 4 aliphatic carbocycles. The summed E-state index contributed by atoms with van der Waals surface area (Å²) in [6, 6.07) is 0. The monoisotopic (exact) mass is 426 g/mol. The second-order valence-corrected chi connectivity index (χ2v) is 10.7. The molecule has 0 saturated heterocycles. The summed E-state index contributed by atoms with van der Waals surface area (Å²) >= 11 is 0. The molecule has 0 aromatic heterocycles. The van der Waals surface area contributed by atoms with Crippen molar-refractivity contribution in [3.63, 3.8) is 0 Å². The van der Waals surface area contributed by atoms with E-state index in [1.165, 1.54) is 30.1 Å². The fourth-order valence-electron chi connectivity index (χ4n) is 7.12. The van der Waals surface area contributed by atoms with Crippen molar-refractivity contribution in [3.8, 4) is 0 Å². The number of carbonyl (C=O) groups excluding carboxylic acids is 2. The summed E-state index contributed by atoms with van der Waals surface area (Å²) in [5.41, 5.74) is 4.38. The van der Waals surface area contributed by atoms with E-state index in [0.717, 1.165) is 32.1 Å². The van der Waals surface area contributed by atoms with E-state index in [1.807, 2.05) is 13.0 Å². The Kier molecular flexibility index (Phi) is 6.31. The Morgan fingerprint density at radius 2 is 2.10 bits per heavy atom. The number of hydrogen-bond acceptors (Lipinski definition) is 4. The number of ether oxygens (including phenoxy) is 1. The Hall–Kier alpha value is -1.68. The molecule has 0 aliphatic heterocycles. The first-order valence-corrected chi connectivity index (χ1v) is 12.1. The van der Waals surface area contributed by atoms with E-state index < -0.39 is 0 Å². The Balaban J connectivity index is 1.57. The lowest BCUT2D eigenvalue weighted by atomic mass is 9.58. The molecular weight excluding hydrogens is 388 g/mol. The van der Waals surface area contributed by atoms with Crippen LogP contribution in [0.2, 0.25) is 0 Å². The van der Waals surface area contributed by atoms with Gasteiger partial charge in [-0.1, -0.05) is 35.8 Å². The van der Waals surface area contributed by atoms with Crippen molar-refractivity contribution in [1.29, 1.82) is 0 Å². The van der Waals surface area contributed by atoms with Gasteiger partial charge in [0, 0.05) is 25.2 Å². The van der Waals surface area contributed by atoms with Gasteiger partial charge in [0.1, 0.15) is 6.10 Å². The topological polar surface area (TPSA) is 63.6 Å². The maximum atomic E-state index is 13.1. The summed E-state index contributed by atoms with van der Waals surface area (Å²) in [5.74, 6) is 1.33. The number of hydrogen-bond donors (Lipinski definition) is 1. The van der Waals surface area contributed by atoms with Crippen LogP contribution in [0.3, 0.4) is 0 Å². The van der Waals surface area contributed by atoms with Crippen LogP contribution < -0.4 is 0 Å². The number of ketones is 1. The van der Waals surface area contributed by atoms with Crippen molar-refractivity contribution in [3.05, 3.63) is 34.9 Å². The average molecular weight is 427 g/mol. The van der Waals surface area contributed by atoms with E-state index in [2.05, 4.69) is 26.0 Å². The van der Waals surface area contributed by atoms with Crippen LogP contribution in [0.25, 0.3) is 0 Å². The van der Waals surface area contributed by atoms with Gasteiger partial charge < -0.3 is 9.84 Å². The van der Waals surface area contributed by atoms with Crippen molar-refractivity contribution in [2.75, 3.05) is 0 Å². The molecule has 0 spiro atoms. The molecule has 2 fully saturated rings. The van der Waals surface area contributed by atoms with Gasteiger partial charge in [-0.15, -0.1) is 0 Å². The summed E-state index contributed by atoms with van der Waals surface area (Å²) in [4.78, 5) is 24.3. The molecule has 170 valence electrons. The zero-order valence-electron chi connectivity index (χ0n) is 19.5. The van der Waals surface area contributed by atoms with Crippen LogP contribution in [-0.2, 0) is 14.3 Å². The van der Waals surface area contributed by atoms with Crippen LogP contribution in [0, 0.1) is 29.1 Å². The fourth-order valence-corrected chi connectivity index (χ4v) is 7.12. The van der Waals surface area contributed by atoms with Crippen LogP contribution in [0.4, 0.5) is 0 Å². The minimum atomic E-state index is -0.381. The molecule has 0 radical (unpaired) electrons. The Bertz CT molecular complexity index is 834. The number of allylic oxidation sites excluding steroid dienone is 4. The highest BCUT2D eigenvalue weighted by molar-refractivity contribution is 5.93. The highest BCUT2D eigenvalue weighted by Crippen LogP contribution is 2.62. The molecule has 4 heteroatoms. The highest BCUT2D eigenvalue weighted by atomic mass is 16.5. The van der Waals surface area contributed by atoms with Gasteiger partial charge in [-0.3, -0.25) is 9.59 Å². The molecule has 4 aliphatic rings. The quantitative estimate of drug-likeness (QED) is 0.488. The van der Waals surface area contributed by atoms with Gasteiger partial charge in [0.15, 0.2) is 5.78 Å². The maximum Gasteiger partial charge on any atom is 0.302 e. The predicted octanol–water partition coefficient (Wildman–Crippen LogP) is 5.31. The zero-order valence-corrected chi connectivity index (χ0v) is 19.5. The van der Waals surface area contributed by atoms with Gasteiger partial charge >= 0.3 is 5.97 Å². The van der Waals surface area contributed by atoms with Gasteiger partial charge in [-0.25, -0.2) is 0 Å². The van der Waals surface area contributed by atoms with E-state index in [1.54, 1.807) is 0 Å². The lowest BCUT2D eigenvalue weighted by Crippen LogP contribution is -2.37. The smallest absolute Gasteiger partial charge is 0.302 e. The molecule has 1 N–H and O–H groups in total. The number of aliphatic hydroxyl groups excluding tert-OH is 1. The largest absolute Gasteiger partial charge is 0.463 e. The van der Waals surface area contributed by atoms with Gasteiger partial charge in [-0.05, 0) is 82.1 Å². The SMILES string of the molecule is CC(=O)OC(C)C/C=C(\C)[C@H]1CC[C@H]2C3=CC(=O)[C@H]4CC(=CC[C@H](O)C4)[C@H]3CC[C@]12C. The summed E-state index contributed by atoms with van der Waals surface area (Å²) in [7, 11) is 0. The lowest BCUT2D eigenvalue weighted by Gasteiger charge is -2.46. The minimum absolute atomic E-state index is 0.0466. The second-order valence-electron chi connectivity index (χ2n) is 10.7. The third-order valence-electron chi connectivity index (χ3n) is 8.65. The number of rotatable bonds is 4. The summed E-state index contributed by atoms with van der Waals surface area (Å²) in [5, 5.41) is 10.2. The van der Waals surface area contributed by atoms with Crippen molar-refractivity contribution < 1.29 is 19.4 Å². The van der Waals surface area contributed by atoms with Crippen LogP contribution in [0.5, 0.6) is 0 Å². The van der Waals surface area contributed by atoms with Gasteiger partial charge in [0.2, 0.25) is 0 Å². The molecule has 0 heterocycles. The molecular formula is C27H38O4. The molecule has 1 unspecified atom stereocenters. The molecule has 0 aromatic carbocycles. The molecule has 4 nitrogen and oxygen atoms in total. The van der Waals surface area contributed by atoms with Crippen LogP contribution >= 0.6 is 0 Å². The van der Waals surface area contributed by atoms with Crippen LogP contribution in [0.1, 0.15) is 79.1 Å². The second kappa shape index (κ2) is 8.69. The van der Waals surface area contributed by atoms with Gasteiger partial charge in [0.25, 0.3) is 0 Å². The van der Waals surface area contributed by atoms with Crippen molar-refractivity contribution in [2.24, 2.45) is 29.1 Å². The van der Waals surface area contributed by atoms with Crippen molar-refractivity contribution in [2.45, 2.75) is 91.3 Å². The minimum Gasteiger partial charge on any atom is -0.463 e. The van der Waals surface area contributed by atoms with Crippen LogP contribution in [-0.4, -0.2) is 29.1 Å². The van der Waals surface area contributed by atoms with E-state index in [4.69, 9.17) is 4.74 Å². The molecule has 31 heavy (non-hydrogen) atoms. The van der Waals surface area contributed by atoms with Crippen LogP contribution in [0.15, 0.2) is 34.9 Å². The van der Waals surface area contributed by atoms with Gasteiger partial charge in [-0.2, -0.15) is 0 Å². The Morgan fingerprint density at radius 3 is 2.84 bits per heavy atom. The van der Waals surface area contributed by atoms with E-state index in [0.29, 0.717) is 30.6 Å². The molecule has 2 bridgehead atoms. The number of aliphatic hydroxyl groups is 1. The molecule has 2 saturated carbocycles. The first-order chi connectivity index (χ1) is 14.7. The number of carbonyl (C=O) groups is 2. The first kappa shape index (κ1) is 22.5. The first-order valence-electron chi connectivity index (χ1n) is 12.1. The number of esters is 1. The third-order valence-corrected chi connectivity index (χ3v) is 8.65. The third kappa shape index (κ3) is 4.33. The molecule has 7 atom stereocenters. The molecule has 4 rings (SSSR count). The molecule has 0 aromatic rings. The standard InChI is InChI=1S/C27H38O4/c1-16(5-6-17(2)31-18(3)28)24-9-10-25-23-15-26(30)20-13-19(7-8-21(29)14-20)22(23)11-12-27(24,25)4/h5,7,15,17,20-22,24-25,29H,6,8-14H2,1-4H3/b16-5+/t17?,20-,21-,22+,24+,25-,27+/m0/s1. The Morgan fingerprint density at radius 1 is 1.32 bits per heavy atom. The van der Waals surface area contributed by atoms with Crippen molar-refractivity contribution in [1.82, 2.24) is 0 Å². The Labute approximate surface area is 186 Å². The lowest BCUT2D eigenvalue weighted by molar-refractivity contribution is -0.145. The summed E-state index contributed by atoms with van der Waals surface area (Å²) in [6.07, 6.45) is 13.5. The number of fused-ring (bicyclic) bond motifs is 6. The summed E-state index contributed by atoms with van der Waals surface area (Å²) < 4.78 is 5.30. The molecule has 0 amide bonds. The fraction of sp³-hybridized carbons (Fsp3) is 0.704. The van der Waals surface area contributed by atoms with E-state index in [9.17, 15) is 14.7 Å². The summed E-state index contributed by atoms with van der Waals surface area (Å²) in [6.45, 7) is 8.08. The predicted molar refractivity (Wildman–Crippen MR) is 121 cm³/mol. The normalized spacial score (nSPS) is 38.8. The van der Waals surface area contributed by atoms with Gasteiger partial charge in [0.05, 0.1) is 6.10 Å². The van der Waals surface area contributed by atoms with E-state index >= 15 is 0 Å².